The van der Waals surface area contributed by atoms with Crippen molar-refractivity contribution < 1.29 is 9.59 Å². The Morgan fingerprint density at radius 2 is 1.24 bits per heavy atom. The Kier molecular flexibility index (Phi) is 5.17. The predicted molar refractivity (Wildman–Crippen MR) is 100 cm³/mol. The SMILES string of the molecule is O=C(/C=C\c1ccccc1)Nc1ccc(C(=O)c2ccccc2)cc1. The van der Waals surface area contributed by atoms with Gasteiger partial charge in [0.2, 0.25) is 5.91 Å². The molecule has 0 atom stereocenters. The number of hydrogen-bond donors (Lipinski definition) is 1. The Morgan fingerprint density at radius 3 is 1.88 bits per heavy atom. The Balaban J connectivity index is 1.64. The van der Waals surface area contributed by atoms with Crippen molar-refractivity contribution in [3.63, 3.8) is 0 Å². The van der Waals surface area contributed by atoms with Gasteiger partial charge in [-0.15, -0.1) is 0 Å². The smallest absolute Gasteiger partial charge is 0.248 e. The molecule has 0 aromatic heterocycles. The van der Waals surface area contributed by atoms with Crippen molar-refractivity contribution in [3.8, 4) is 0 Å². The minimum absolute atomic E-state index is 0.0394. The molecule has 0 aliphatic rings. The van der Waals surface area contributed by atoms with Gasteiger partial charge in [0.25, 0.3) is 0 Å². The second-order valence-corrected chi connectivity index (χ2v) is 5.51. The predicted octanol–water partition coefficient (Wildman–Crippen LogP) is 4.57. The number of amides is 1. The second-order valence-electron chi connectivity index (χ2n) is 5.51. The minimum Gasteiger partial charge on any atom is -0.323 e. The van der Waals surface area contributed by atoms with Crippen LogP contribution >= 0.6 is 0 Å². The standard InChI is InChI=1S/C22H17NO2/c24-21(16-11-17-7-3-1-4-8-17)23-20-14-12-19(13-15-20)22(25)18-9-5-2-6-10-18/h1-16H,(H,23,24)/b16-11-. The number of anilines is 1. The van der Waals surface area contributed by atoms with Crippen LogP contribution in [0.2, 0.25) is 0 Å². The Morgan fingerprint density at radius 1 is 0.680 bits per heavy atom. The Bertz CT molecular complexity index is 882. The molecule has 3 aromatic carbocycles. The number of nitrogens with one attached hydrogen (secondary N) is 1. The zero-order chi connectivity index (χ0) is 17.5. The highest BCUT2D eigenvalue weighted by molar-refractivity contribution is 6.09. The first-order valence-electron chi connectivity index (χ1n) is 7.96. The molecule has 0 fully saturated rings. The van der Waals surface area contributed by atoms with Gasteiger partial charge < -0.3 is 5.32 Å². The quantitative estimate of drug-likeness (QED) is 0.551. The van der Waals surface area contributed by atoms with Crippen molar-refractivity contribution in [2.24, 2.45) is 0 Å². The summed E-state index contributed by atoms with van der Waals surface area (Å²) < 4.78 is 0. The fourth-order valence-electron chi connectivity index (χ4n) is 2.38. The van der Waals surface area contributed by atoms with E-state index in [0.717, 1.165) is 5.56 Å². The molecule has 0 radical (unpaired) electrons. The van der Waals surface area contributed by atoms with Gasteiger partial charge in [-0.2, -0.15) is 0 Å². The van der Waals surface area contributed by atoms with Crippen LogP contribution in [0.3, 0.4) is 0 Å². The normalized spacial score (nSPS) is 10.6. The third-order valence-electron chi connectivity index (χ3n) is 3.68. The lowest BCUT2D eigenvalue weighted by Gasteiger charge is -2.04. The van der Waals surface area contributed by atoms with Crippen molar-refractivity contribution in [1.29, 1.82) is 0 Å². The number of carbonyl (C=O) groups is 2. The van der Waals surface area contributed by atoms with E-state index in [1.165, 1.54) is 6.08 Å². The maximum atomic E-state index is 12.3. The van der Waals surface area contributed by atoms with Gasteiger partial charge in [0.1, 0.15) is 0 Å². The van der Waals surface area contributed by atoms with Gasteiger partial charge in [-0.05, 0) is 35.9 Å². The van der Waals surface area contributed by atoms with E-state index in [9.17, 15) is 9.59 Å². The van der Waals surface area contributed by atoms with Crippen LogP contribution in [-0.4, -0.2) is 11.7 Å². The molecule has 1 amide bonds. The topological polar surface area (TPSA) is 46.2 Å². The fraction of sp³-hybridized carbons (Fsp3) is 0. The average Bonchev–Trinajstić information content (AvgIpc) is 2.68. The lowest BCUT2D eigenvalue weighted by Crippen LogP contribution is -2.08. The number of rotatable bonds is 5. The highest BCUT2D eigenvalue weighted by atomic mass is 16.1. The van der Waals surface area contributed by atoms with E-state index in [-0.39, 0.29) is 11.7 Å². The summed E-state index contributed by atoms with van der Waals surface area (Å²) in [6.07, 6.45) is 3.24. The Labute approximate surface area is 146 Å². The molecule has 25 heavy (non-hydrogen) atoms. The first-order chi connectivity index (χ1) is 12.2. The molecule has 0 saturated heterocycles. The number of ketones is 1. The van der Waals surface area contributed by atoms with Crippen LogP contribution in [0.15, 0.2) is 91.0 Å². The number of hydrogen-bond acceptors (Lipinski definition) is 2. The zero-order valence-electron chi connectivity index (χ0n) is 13.6. The third-order valence-corrected chi connectivity index (χ3v) is 3.68. The van der Waals surface area contributed by atoms with Crippen LogP contribution in [0.1, 0.15) is 21.5 Å². The molecule has 0 heterocycles. The molecule has 3 rings (SSSR count). The molecule has 0 aliphatic heterocycles. The summed E-state index contributed by atoms with van der Waals surface area (Å²) in [6.45, 7) is 0. The first kappa shape index (κ1) is 16.4. The van der Waals surface area contributed by atoms with E-state index in [2.05, 4.69) is 5.32 Å². The van der Waals surface area contributed by atoms with Crippen LogP contribution in [0.4, 0.5) is 5.69 Å². The molecular formula is C22H17NO2. The summed E-state index contributed by atoms with van der Waals surface area (Å²) >= 11 is 0. The van der Waals surface area contributed by atoms with Crippen molar-refractivity contribution in [1.82, 2.24) is 0 Å². The molecule has 0 bridgehead atoms. The molecule has 0 aliphatic carbocycles. The molecule has 122 valence electrons. The summed E-state index contributed by atoms with van der Waals surface area (Å²) in [6, 6.07) is 25.6. The van der Waals surface area contributed by atoms with E-state index >= 15 is 0 Å². The largest absolute Gasteiger partial charge is 0.323 e. The van der Waals surface area contributed by atoms with Gasteiger partial charge in [-0.25, -0.2) is 0 Å². The van der Waals surface area contributed by atoms with Gasteiger partial charge in [-0.3, -0.25) is 9.59 Å². The number of benzene rings is 3. The summed E-state index contributed by atoms with van der Waals surface area (Å²) in [5.74, 6) is -0.256. The molecule has 0 spiro atoms. The summed E-state index contributed by atoms with van der Waals surface area (Å²) in [7, 11) is 0. The van der Waals surface area contributed by atoms with Crippen LogP contribution in [-0.2, 0) is 4.79 Å². The Hall–Kier alpha value is -3.46. The van der Waals surface area contributed by atoms with Crippen molar-refractivity contribution in [3.05, 3.63) is 108 Å². The molecule has 1 N–H and O–H groups in total. The summed E-state index contributed by atoms with van der Waals surface area (Å²) in [5.41, 5.74) is 2.84. The van der Waals surface area contributed by atoms with E-state index < -0.39 is 0 Å². The average molecular weight is 327 g/mol. The van der Waals surface area contributed by atoms with Crippen LogP contribution < -0.4 is 5.32 Å². The van der Waals surface area contributed by atoms with Crippen molar-refractivity contribution in [2.75, 3.05) is 5.32 Å². The van der Waals surface area contributed by atoms with Crippen LogP contribution in [0.25, 0.3) is 6.08 Å². The molecule has 0 saturated carbocycles. The highest BCUT2D eigenvalue weighted by Crippen LogP contribution is 2.14. The maximum absolute atomic E-state index is 12.3. The van der Waals surface area contributed by atoms with Crippen LogP contribution in [0, 0.1) is 0 Å². The highest BCUT2D eigenvalue weighted by Gasteiger charge is 2.08. The van der Waals surface area contributed by atoms with E-state index in [1.54, 1.807) is 42.5 Å². The zero-order valence-corrected chi connectivity index (χ0v) is 13.6. The van der Waals surface area contributed by atoms with Gasteiger partial charge in [0, 0.05) is 22.9 Å². The van der Waals surface area contributed by atoms with Gasteiger partial charge in [-0.1, -0.05) is 60.7 Å². The molecular weight excluding hydrogens is 310 g/mol. The van der Waals surface area contributed by atoms with Crippen molar-refractivity contribution in [2.45, 2.75) is 0 Å². The van der Waals surface area contributed by atoms with E-state index in [0.29, 0.717) is 16.8 Å². The summed E-state index contributed by atoms with van der Waals surface area (Å²) in [4.78, 5) is 24.3. The van der Waals surface area contributed by atoms with E-state index in [1.807, 2.05) is 48.5 Å². The molecule has 3 heteroatoms. The van der Waals surface area contributed by atoms with Gasteiger partial charge in [0.05, 0.1) is 0 Å². The van der Waals surface area contributed by atoms with E-state index in [4.69, 9.17) is 0 Å². The van der Waals surface area contributed by atoms with Gasteiger partial charge in [0.15, 0.2) is 5.78 Å². The number of carbonyl (C=O) groups excluding carboxylic acids is 2. The lowest BCUT2D eigenvalue weighted by atomic mass is 10.0. The monoisotopic (exact) mass is 327 g/mol. The molecule has 3 nitrogen and oxygen atoms in total. The van der Waals surface area contributed by atoms with Crippen molar-refractivity contribution >= 4 is 23.5 Å². The maximum Gasteiger partial charge on any atom is 0.248 e. The summed E-state index contributed by atoms with van der Waals surface area (Å²) in [5, 5.41) is 2.78. The first-order valence-corrected chi connectivity index (χ1v) is 7.96. The molecule has 0 unspecified atom stereocenters. The lowest BCUT2D eigenvalue weighted by molar-refractivity contribution is -0.111. The molecule has 3 aromatic rings. The second kappa shape index (κ2) is 7.88. The van der Waals surface area contributed by atoms with Crippen LogP contribution in [0.5, 0.6) is 0 Å². The fourth-order valence-corrected chi connectivity index (χ4v) is 2.38. The van der Waals surface area contributed by atoms with Gasteiger partial charge >= 0.3 is 0 Å². The minimum atomic E-state index is -0.217. The third kappa shape index (κ3) is 4.52.